The minimum absolute atomic E-state index is 0.339. The predicted molar refractivity (Wildman–Crippen MR) is 75.7 cm³/mol. The van der Waals surface area contributed by atoms with Gasteiger partial charge in [0.25, 0.3) is 0 Å². The summed E-state index contributed by atoms with van der Waals surface area (Å²) in [4.78, 5) is 25.2. The third kappa shape index (κ3) is 4.67. The van der Waals surface area contributed by atoms with Crippen LogP contribution in [-0.2, 0) is 9.53 Å². The van der Waals surface area contributed by atoms with Gasteiger partial charge in [-0.3, -0.25) is 0 Å². The van der Waals surface area contributed by atoms with Crippen LogP contribution in [0, 0.1) is 0 Å². The van der Waals surface area contributed by atoms with Gasteiger partial charge in [0.15, 0.2) is 0 Å². The lowest BCUT2D eigenvalue weighted by atomic mass is 9.90. The molecular formula is C14H26N2O4. The van der Waals surface area contributed by atoms with Gasteiger partial charge in [-0.2, -0.15) is 0 Å². The van der Waals surface area contributed by atoms with E-state index in [4.69, 9.17) is 4.74 Å². The van der Waals surface area contributed by atoms with Crippen molar-refractivity contribution < 1.29 is 19.4 Å². The molecule has 0 aromatic heterocycles. The molecule has 2 N–H and O–H groups in total. The van der Waals surface area contributed by atoms with E-state index in [0.29, 0.717) is 32.6 Å². The molecule has 0 unspecified atom stereocenters. The molecule has 20 heavy (non-hydrogen) atoms. The molecule has 0 radical (unpaired) electrons. The van der Waals surface area contributed by atoms with E-state index in [2.05, 4.69) is 5.32 Å². The minimum Gasteiger partial charge on any atom is -0.480 e. The number of hydrogen-bond acceptors (Lipinski definition) is 3. The average molecular weight is 286 g/mol. The topological polar surface area (TPSA) is 78.9 Å². The molecule has 0 saturated heterocycles. The van der Waals surface area contributed by atoms with Crippen molar-refractivity contribution in [3.05, 3.63) is 0 Å². The van der Waals surface area contributed by atoms with Gasteiger partial charge in [-0.25, -0.2) is 9.59 Å². The Morgan fingerprint density at radius 1 is 1.25 bits per heavy atom. The lowest BCUT2D eigenvalue weighted by Gasteiger charge is -2.31. The van der Waals surface area contributed by atoms with Crippen molar-refractivity contribution in [2.75, 3.05) is 26.8 Å². The number of aliphatic carboxylic acids is 1. The molecule has 2 amide bonds. The second-order valence-corrected chi connectivity index (χ2v) is 5.35. The quantitative estimate of drug-likeness (QED) is 0.577. The number of nitrogens with one attached hydrogen (secondary N) is 1. The van der Waals surface area contributed by atoms with Crippen molar-refractivity contribution in [1.29, 1.82) is 0 Å². The molecule has 1 saturated carbocycles. The fourth-order valence-corrected chi connectivity index (χ4v) is 2.47. The number of carboxylic acids is 1. The molecule has 116 valence electrons. The maximum Gasteiger partial charge on any atom is 0.329 e. The van der Waals surface area contributed by atoms with Crippen LogP contribution in [0.15, 0.2) is 0 Å². The molecule has 0 aromatic carbocycles. The number of rotatable bonds is 6. The molecule has 1 rings (SSSR count). The van der Waals surface area contributed by atoms with Crippen molar-refractivity contribution in [2.24, 2.45) is 0 Å². The number of nitrogens with zero attached hydrogens (tertiary/aromatic N) is 1. The van der Waals surface area contributed by atoms with Crippen molar-refractivity contribution in [2.45, 2.75) is 51.0 Å². The maximum absolute atomic E-state index is 12.1. The van der Waals surface area contributed by atoms with Crippen LogP contribution >= 0.6 is 0 Å². The number of urea groups is 1. The van der Waals surface area contributed by atoms with Crippen LogP contribution in [0.3, 0.4) is 0 Å². The zero-order chi connectivity index (χ0) is 15.0. The zero-order valence-corrected chi connectivity index (χ0v) is 12.5. The van der Waals surface area contributed by atoms with Gasteiger partial charge >= 0.3 is 12.0 Å². The Morgan fingerprint density at radius 2 is 1.85 bits per heavy atom. The summed E-state index contributed by atoms with van der Waals surface area (Å²) in [6.45, 7) is 3.41. The van der Waals surface area contributed by atoms with E-state index in [0.717, 1.165) is 25.7 Å². The molecule has 6 nitrogen and oxygen atoms in total. The van der Waals surface area contributed by atoms with Gasteiger partial charge in [0.05, 0.1) is 6.61 Å². The van der Waals surface area contributed by atoms with Crippen LogP contribution in [-0.4, -0.2) is 54.4 Å². The Kier molecular flexibility index (Phi) is 6.78. The fraction of sp³-hybridized carbons (Fsp3) is 0.857. The number of ether oxygens (including phenoxy) is 1. The third-order valence-corrected chi connectivity index (χ3v) is 3.83. The Bertz CT molecular complexity index is 325. The molecule has 0 spiro atoms. The first-order valence-electron chi connectivity index (χ1n) is 7.36. The average Bonchev–Trinajstić information content (AvgIpc) is 2.65. The summed E-state index contributed by atoms with van der Waals surface area (Å²) in [6.07, 6.45) is 4.77. The first-order chi connectivity index (χ1) is 9.52. The normalized spacial score (nSPS) is 18.1. The summed E-state index contributed by atoms with van der Waals surface area (Å²) in [5.74, 6) is -0.925. The van der Waals surface area contributed by atoms with Gasteiger partial charge in [0, 0.05) is 20.2 Å². The Morgan fingerprint density at radius 3 is 2.35 bits per heavy atom. The number of carbonyl (C=O) groups is 2. The van der Waals surface area contributed by atoms with Crippen molar-refractivity contribution in [1.82, 2.24) is 10.2 Å². The van der Waals surface area contributed by atoms with Gasteiger partial charge < -0.3 is 20.1 Å². The van der Waals surface area contributed by atoms with Crippen LogP contribution in [0.5, 0.6) is 0 Å². The summed E-state index contributed by atoms with van der Waals surface area (Å²) >= 11 is 0. The summed E-state index contributed by atoms with van der Waals surface area (Å²) in [6, 6.07) is -0.339. The molecule has 1 aliphatic carbocycles. The zero-order valence-electron chi connectivity index (χ0n) is 12.5. The van der Waals surface area contributed by atoms with Crippen molar-refractivity contribution >= 4 is 12.0 Å². The second-order valence-electron chi connectivity index (χ2n) is 5.35. The fourth-order valence-electron chi connectivity index (χ4n) is 2.47. The molecule has 6 heteroatoms. The number of hydrogen-bond donors (Lipinski definition) is 2. The van der Waals surface area contributed by atoms with E-state index >= 15 is 0 Å². The molecule has 0 atom stereocenters. The minimum atomic E-state index is -1.10. The van der Waals surface area contributed by atoms with Crippen LogP contribution in [0.2, 0.25) is 0 Å². The highest BCUT2D eigenvalue weighted by Crippen LogP contribution is 2.27. The van der Waals surface area contributed by atoms with Gasteiger partial charge in [-0.15, -0.1) is 0 Å². The first kappa shape index (κ1) is 16.8. The van der Waals surface area contributed by atoms with Crippen LogP contribution < -0.4 is 5.32 Å². The standard InChI is InChI=1S/C14H26N2O4/c1-3-20-11-10-16(2)13(19)15-14(12(17)18)8-6-4-5-7-9-14/h3-11H2,1-2H3,(H,15,19)(H,17,18). The Hall–Kier alpha value is -1.30. The van der Waals surface area contributed by atoms with Gasteiger partial charge in [0.2, 0.25) is 0 Å². The molecule has 1 aliphatic rings. The van der Waals surface area contributed by atoms with Crippen LogP contribution in [0.25, 0.3) is 0 Å². The first-order valence-corrected chi connectivity index (χ1v) is 7.36. The van der Waals surface area contributed by atoms with Gasteiger partial charge in [0.1, 0.15) is 5.54 Å². The Balaban J connectivity index is 2.60. The molecule has 0 aromatic rings. The lowest BCUT2D eigenvalue weighted by molar-refractivity contribution is -0.145. The number of amides is 2. The van der Waals surface area contributed by atoms with E-state index in [1.165, 1.54) is 4.90 Å². The number of likely N-dealkylation sites (N-methyl/N-ethyl adjacent to an activating group) is 1. The van der Waals surface area contributed by atoms with Crippen molar-refractivity contribution in [3.8, 4) is 0 Å². The molecule has 0 aliphatic heterocycles. The highest BCUT2D eigenvalue weighted by molar-refractivity contribution is 5.86. The Labute approximate surface area is 120 Å². The monoisotopic (exact) mass is 286 g/mol. The highest BCUT2D eigenvalue weighted by atomic mass is 16.5. The summed E-state index contributed by atoms with van der Waals surface area (Å²) in [5.41, 5.74) is -1.10. The highest BCUT2D eigenvalue weighted by Gasteiger charge is 2.40. The van der Waals surface area contributed by atoms with Gasteiger partial charge in [-0.05, 0) is 19.8 Å². The molecule has 0 bridgehead atoms. The molecule has 0 heterocycles. The molecular weight excluding hydrogens is 260 g/mol. The van der Waals surface area contributed by atoms with E-state index in [9.17, 15) is 14.7 Å². The second kappa shape index (κ2) is 8.09. The number of carboxylic acid groups (broad SMARTS) is 1. The van der Waals surface area contributed by atoms with Crippen molar-refractivity contribution in [3.63, 3.8) is 0 Å². The van der Waals surface area contributed by atoms with E-state index in [1.54, 1.807) is 7.05 Å². The van der Waals surface area contributed by atoms with Gasteiger partial charge in [-0.1, -0.05) is 25.7 Å². The lowest BCUT2D eigenvalue weighted by Crippen LogP contribution is -2.57. The summed E-state index contributed by atoms with van der Waals surface area (Å²) in [5, 5.41) is 12.2. The van der Waals surface area contributed by atoms with E-state index in [1.807, 2.05) is 6.92 Å². The largest absolute Gasteiger partial charge is 0.480 e. The van der Waals surface area contributed by atoms with E-state index in [-0.39, 0.29) is 6.03 Å². The number of carbonyl (C=O) groups excluding carboxylic acids is 1. The van der Waals surface area contributed by atoms with Crippen LogP contribution in [0.4, 0.5) is 4.79 Å². The SMILES string of the molecule is CCOCCN(C)C(=O)NC1(C(=O)O)CCCCCC1. The summed E-state index contributed by atoms with van der Waals surface area (Å²) in [7, 11) is 1.65. The third-order valence-electron chi connectivity index (χ3n) is 3.83. The van der Waals surface area contributed by atoms with E-state index < -0.39 is 11.5 Å². The van der Waals surface area contributed by atoms with Crippen LogP contribution in [0.1, 0.15) is 45.4 Å². The smallest absolute Gasteiger partial charge is 0.329 e. The maximum atomic E-state index is 12.1. The summed E-state index contributed by atoms with van der Waals surface area (Å²) < 4.78 is 5.20. The predicted octanol–water partition coefficient (Wildman–Crippen LogP) is 1.84. The molecule has 1 fully saturated rings.